The fourth-order valence-electron chi connectivity index (χ4n) is 3.87. The van der Waals surface area contributed by atoms with Crippen molar-refractivity contribution in [3.05, 3.63) is 11.9 Å². The van der Waals surface area contributed by atoms with Gasteiger partial charge >= 0.3 is 5.97 Å². The van der Waals surface area contributed by atoms with E-state index >= 15 is 0 Å². The van der Waals surface area contributed by atoms with Crippen LogP contribution in [0, 0.1) is 11.8 Å². The zero-order valence-corrected chi connectivity index (χ0v) is 12.2. The molecule has 3 aliphatic heterocycles. The Labute approximate surface area is 126 Å². The fraction of sp³-hybridized carbons (Fsp3) is 0.571. The maximum Gasteiger partial charge on any atom is 0.358 e. The lowest BCUT2D eigenvalue weighted by Gasteiger charge is -2.17. The van der Waals surface area contributed by atoms with Crippen molar-refractivity contribution in [2.45, 2.75) is 25.0 Å². The van der Waals surface area contributed by atoms with Crippen molar-refractivity contribution in [2.75, 3.05) is 12.0 Å². The molecule has 3 saturated heterocycles. The maximum atomic E-state index is 12.7. The Balaban J connectivity index is 1.77. The Morgan fingerprint density at radius 1 is 1.27 bits per heavy atom. The molecule has 22 heavy (non-hydrogen) atoms. The molecule has 4 atom stereocenters. The van der Waals surface area contributed by atoms with Gasteiger partial charge in [0, 0.05) is 7.05 Å². The Hall–Kier alpha value is -2.22. The standard InChI is InChI=1S/C14H15N3O5/c1-16-11(14(20)21-2)6(5-15-16)17-12(18)9-7-3-4-8(22-7)10(9)13(17)19/h5,7-10H,3-4H2,1-2H3/t7-,8-,9-,10-/m1/s1. The third-order valence-electron chi connectivity index (χ3n) is 4.82. The van der Waals surface area contributed by atoms with E-state index in [-0.39, 0.29) is 35.4 Å². The molecular formula is C14H15N3O5. The van der Waals surface area contributed by atoms with E-state index < -0.39 is 17.8 Å². The molecular weight excluding hydrogens is 290 g/mol. The van der Waals surface area contributed by atoms with Crippen molar-refractivity contribution in [3.63, 3.8) is 0 Å². The first-order chi connectivity index (χ1) is 10.5. The molecule has 3 aliphatic rings. The highest BCUT2D eigenvalue weighted by Gasteiger charge is 2.63. The van der Waals surface area contributed by atoms with Crippen LogP contribution >= 0.6 is 0 Å². The molecule has 1 aromatic rings. The number of carbonyl (C=O) groups excluding carboxylic acids is 3. The first kappa shape index (κ1) is 13.4. The highest BCUT2D eigenvalue weighted by atomic mass is 16.5. The molecule has 2 bridgehead atoms. The van der Waals surface area contributed by atoms with Crippen LogP contribution < -0.4 is 4.90 Å². The molecule has 4 heterocycles. The summed E-state index contributed by atoms with van der Waals surface area (Å²) in [6.45, 7) is 0. The van der Waals surface area contributed by atoms with Gasteiger partial charge in [0.15, 0.2) is 5.69 Å². The van der Waals surface area contributed by atoms with Gasteiger partial charge in [0.1, 0.15) is 5.69 Å². The summed E-state index contributed by atoms with van der Waals surface area (Å²) in [5, 5.41) is 3.99. The maximum absolute atomic E-state index is 12.7. The quantitative estimate of drug-likeness (QED) is 0.558. The van der Waals surface area contributed by atoms with E-state index in [9.17, 15) is 14.4 Å². The van der Waals surface area contributed by atoms with Crippen LogP contribution in [-0.2, 0) is 26.1 Å². The molecule has 0 aliphatic carbocycles. The molecule has 8 heteroatoms. The lowest BCUT2D eigenvalue weighted by molar-refractivity contribution is -0.124. The average Bonchev–Trinajstić information content (AvgIpc) is 3.23. The van der Waals surface area contributed by atoms with Crippen LogP contribution in [0.4, 0.5) is 5.69 Å². The fourth-order valence-corrected chi connectivity index (χ4v) is 3.87. The van der Waals surface area contributed by atoms with Gasteiger partial charge in [0.05, 0.1) is 37.4 Å². The number of hydrogen-bond donors (Lipinski definition) is 0. The minimum Gasteiger partial charge on any atom is -0.464 e. The number of aryl methyl sites for hydroxylation is 1. The summed E-state index contributed by atoms with van der Waals surface area (Å²) in [5.41, 5.74) is 0.288. The Bertz CT molecular complexity index is 669. The van der Waals surface area contributed by atoms with E-state index in [1.165, 1.54) is 18.0 Å². The normalized spacial score (nSPS) is 32.7. The second kappa shape index (κ2) is 4.39. The molecule has 0 radical (unpaired) electrons. The highest BCUT2D eigenvalue weighted by molar-refractivity contribution is 6.24. The van der Waals surface area contributed by atoms with Gasteiger partial charge in [-0.15, -0.1) is 0 Å². The molecule has 8 nitrogen and oxygen atoms in total. The number of esters is 1. The van der Waals surface area contributed by atoms with Crippen LogP contribution in [0.5, 0.6) is 0 Å². The first-order valence-electron chi connectivity index (χ1n) is 7.18. The number of ether oxygens (including phenoxy) is 2. The predicted octanol–water partition coefficient (Wildman–Crippen LogP) is -0.127. The molecule has 2 amide bonds. The minimum absolute atomic E-state index is 0.0949. The Morgan fingerprint density at radius 3 is 2.41 bits per heavy atom. The number of aromatic nitrogens is 2. The number of nitrogens with zero attached hydrogens (tertiary/aromatic N) is 3. The second-order valence-corrected chi connectivity index (χ2v) is 5.85. The average molecular weight is 305 g/mol. The van der Waals surface area contributed by atoms with Gasteiger partial charge in [-0.3, -0.25) is 14.3 Å². The number of fused-ring (bicyclic) bond motifs is 5. The number of rotatable bonds is 2. The number of carbonyl (C=O) groups is 3. The summed E-state index contributed by atoms with van der Waals surface area (Å²) < 4.78 is 11.7. The van der Waals surface area contributed by atoms with E-state index in [1.54, 1.807) is 7.05 Å². The second-order valence-electron chi connectivity index (χ2n) is 5.85. The Morgan fingerprint density at radius 2 is 1.86 bits per heavy atom. The zero-order valence-electron chi connectivity index (χ0n) is 12.2. The van der Waals surface area contributed by atoms with Crippen LogP contribution in [0.1, 0.15) is 23.3 Å². The summed E-state index contributed by atoms with van der Waals surface area (Å²) in [5.74, 6) is -2.11. The van der Waals surface area contributed by atoms with Crippen molar-refractivity contribution in [2.24, 2.45) is 18.9 Å². The number of imide groups is 1. The highest BCUT2D eigenvalue weighted by Crippen LogP contribution is 2.49. The molecule has 116 valence electrons. The van der Waals surface area contributed by atoms with E-state index in [0.29, 0.717) is 0 Å². The molecule has 0 aromatic carbocycles. The van der Waals surface area contributed by atoms with Crippen LogP contribution in [-0.4, -0.2) is 46.9 Å². The monoisotopic (exact) mass is 305 g/mol. The smallest absolute Gasteiger partial charge is 0.358 e. The molecule has 0 N–H and O–H groups in total. The topological polar surface area (TPSA) is 90.7 Å². The van der Waals surface area contributed by atoms with E-state index in [1.807, 2.05) is 0 Å². The minimum atomic E-state index is -0.633. The summed E-state index contributed by atoms with van der Waals surface area (Å²) in [6, 6.07) is 0. The van der Waals surface area contributed by atoms with Crippen molar-refractivity contribution in [3.8, 4) is 0 Å². The summed E-state index contributed by atoms with van der Waals surface area (Å²) in [6.07, 6.45) is 2.58. The van der Waals surface area contributed by atoms with Gasteiger partial charge in [-0.25, -0.2) is 9.69 Å². The van der Waals surface area contributed by atoms with Gasteiger partial charge in [-0.05, 0) is 12.8 Å². The molecule has 3 fully saturated rings. The summed E-state index contributed by atoms with van der Waals surface area (Å²) >= 11 is 0. The van der Waals surface area contributed by atoms with E-state index in [4.69, 9.17) is 9.47 Å². The molecule has 4 rings (SSSR count). The van der Waals surface area contributed by atoms with Crippen LogP contribution in [0.2, 0.25) is 0 Å². The van der Waals surface area contributed by atoms with Gasteiger partial charge in [0.2, 0.25) is 11.8 Å². The lowest BCUT2D eigenvalue weighted by atomic mass is 9.81. The number of amides is 2. The lowest BCUT2D eigenvalue weighted by Crippen LogP contribution is -2.35. The third-order valence-corrected chi connectivity index (χ3v) is 4.82. The third kappa shape index (κ3) is 1.50. The molecule has 1 aromatic heterocycles. The first-order valence-corrected chi connectivity index (χ1v) is 7.18. The van der Waals surface area contributed by atoms with Gasteiger partial charge < -0.3 is 9.47 Å². The van der Waals surface area contributed by atoms with E-state index in [0.717, 1.165) is 17.7 Å². The van der Waals surface area contributed by atoms with Gasteiger partial charge in [0.25, 0.3) is 0 Å². The summed E-state index contributed by atoms with van der Waals surface area (Å²) in [7, 11) is 2.81. The van der Waals surface area contributed by atoms with Crippen molar-refractivity contribution < 1.29 is 23.9 Å². The molecule has 0 unspecified atom stereocenters. The summed E-state index contributed by atoms with van der Waals surface area (Å²) in [4.78, 5) is 38.4. The number of anilines is 1. The predicted molar refractivity (Wildman–Crippen MR) is 71.9 cm³/mol. The zero-order chi connectivity index (χ0) is 15.6. The van der Waals surface area contributed by atoms with E-state index in [2.05, 4.69) is 5.10 Å². The van der Waals surface area contributed by atoms with Crippen molar-refractivity contribution in [1.29, 1.82) is 0 Å². The molecule has 0 saturated carbocycles. The van der Waals surface area contributed by atoms with Crippen LogP contribution in [0.15, 0.2) is 6.20 Å². The van der Waals surface area contributed by atoms with Crippen molar-refractivity contribution >= 4 is 23.5 Å². The van der Waals surface area contributed by atoms with Crippen molar-refractivity contribution in [1.82, 2.24) is 9.78 Å². The van der Waals surface area contributed by atoms with Crippen LogP contribution in [0.3, 0.4) is 0 Å². The number of hydrogen-bond acceptors (Lipinski definition) is 6. The molecule has 0 spiro atoms. The largest absolute Gasteiger partial charge is 0.464 e. The van der Waals surface area contributed by atoms with Gasteiger partial charge in [-0.1, -0.05) is 0 Å². The number of methoxy groups -OCH3 is 1. The SMILES string of the molecule is COC(=O)c1c(N2C(=O)[C@H]3[C@H](C2=O)[C@H]2CC[C@H]3O2)cnn1C. The van der Waals surface area contributed by atoms with Gasteiger partial charge in [-0.2, -0.15) is 5.10 Å². The Kier molecular flexibility index (Phi) is 2.68. The van der Waals surface area contributed by atoms with Crippen LogP contribution in [0.25, 0.3) is 0 Å².